The number of allylic oxidation sites excluding steroid dienone is 2. The summed E-state index contributed by atoms with van der Waals surface area (Å²) in [5.74, 6) is 0.134. The van der Waals surface area contributed by atoms with Crippen LogP contribution in [0.5, 0.6) is 5.75 Å². The zero-order valence-corrected chi connectivity index (χ0v) is 17.0. The molecule has 0 saturated heterocycles. The maximum Gasteiger partial charge on any atom is 0.352 e. The number of benzene rings is 2. The van der Waals surface area contributed by atoms with Gasteiger partial charge >= 0.3 is 5.97 Å². The lowest BCUT2D eigenvalue weighted by Crippen LogP contribution is -2.35. The SMILES string of the molecule is CCOC(=O)c1sc2ccccc2c1OC1c2ccc(-c3ccccc3)c1c2C#N. The van der Waals surface area contributed by atoms with Crippen LogP contribution >= 0.6 is 11.3 Å². The first kappa shape index (κ1) is 18.4. The first-order chi connectivity index (χ1) is 14.7. The molecule has 2 aliphatic carbocycles. The Labute approximate surface area is 178 Å². The van der Waals surface area contributed by atoms with E-state index in [2.05, 4.69) is 6.07 Å². The van der Waals surface area contributed by atoms with Crippen molar-refractivity contribution in [1.82, 2.24) is 0 Å². The second-order valence-corrected chi connectivity index (χ2v) is 8.00. The van der Waals surface area contributed by atoms with Gasteiger partial charge in [-0.05, 0) is 30.2 Å². The Kier molecular flexibility index (Phi) is 4.50. The number of ether oxygens (including phenoxy) is 2. The van der Waals surface area contributed by atoms with Crippen LogP contribution in [0.2, 0.25) is 0 Å². The summed E-state index contributed by atoms with van der Waals surface area (Å²) in [5.41, 5.74) is 4.37. The Hall–Kier alpha value is -3.62. The maximum absolute atomic E-state index is 12.6. The van der Waals surface area contributed by atoms with Crippen molar-refractivity contribution in [1.29, 1.82) is 5.26 Å². The van der Waals surface area contributed by atoms with E-state index in [-0.39, 0.29) is 12.1 Å². The van der Waals surface area contributed by atoms with E-state index in [0.29, 0.717) is 22.8 Å². The summed E-state index contributed by atoms with van der Waals surface area (Å²) in [6.45, 7) is 2.08. The highest BCUT2D eigenvalue weighted by atomic mass is 32.1. The molecule has 5 heteroatoms. The van der Waals surface area contributed by atoms with E-state index in [1.165, 1.54) is 11.3 Å². The van der Waals surface area contributed by atoms with Gasteiger partial charge in [0.25, 0.3) is 0 Å². The second-order valence-electron chi connectivity index (χ2n) is 6.94. The molecule has 0 saturated carbocycles. The Bertz CT molecular complexity index is 1310. The average Bonchev–Trinajstić information content (AvgIpc) is 3.16. The molecule has 0 amide bonds. The molecule has 2 aromatic carbocycles. The van der Waals surface area contributed by atoms with E-state index in [1.54, 1.807) is 6.92 Å². The number of esters is 1. The van der Waals surface area contributed by atoms with Gasteiger partial charge in [0.1, 0.15) is 6.07 Å². The van der Waals surface area contributed by atoms with Crippen molar-refractivity contribution in [2.45, 2.75) is 13.0 Å². The van der Waals surface area contributed by atoms with Crippen molar-refractivity contribution in [3.8, 4) is 11.8 Å². The number of hydrogen-bond donors (Lipinski definition) is 0. The lowest BCUT2D eigenvalue weighted by molar-refractivity contribution is 0.0527. The van der Waals surface area contributed by atoms with Gasteiger partial charge in [-0.2, -0.15) is 5.26 Å². The van der Waals surface area contributed by atoms with Crippen molar-refractivity contribution in [3.05, 3.63) is 93.9 Å². The number of nitriles is 1. The van der Waals surface area contributed by atoms with E-state index >= 15 is 0 Å². The number of carbonyl (C=O) groups excluding carboxylic acids is 1. The van der Waals surface area contributed by atoms with Crippen LogP contribution in [0.25, 0.3) is 15.7 Å². The second kappa shape index (κ2) is 7.33. The minimum absolute atomic E-state index is 0.297. The van der Waals surface area contributed by atoms with E-state index in [0.717, 1.165) is 32.4 Å². The molecule has 146 valence electrons. The summed E-state index contributed by atoms with van der Waals surface area (Å²) in [4.78, 5) is 13.0. The average molecular weight is 411 g/mol. The van der Waals surface area contributed by atoms with Crippen molar-refractivity contribution in [2.24, 2.45) is 0 Å². The predicted molar refractivity (Wildman–Crippen MR) is 117 cm³/mol. The first-order valence-corrected chi connectivity index (χ1v) is 10.5. The third-order valence-electron chi connectivity index (χ3n) is 5.27. The third kappa shape index (κ3) is 2.77. The molecule has 0 spiro atoms. The molecule has 1 aromatic heterocycles. The summed E-state index contributed by atoms with van der Waals surface area (Å²) in [6.07, 6.45) is 3.58. The molecule has 30 heavy (non-hydrogen) atoms. The van der Waals surface area contributed by atoms with Crippen molar-refractivity contribution >= 4 is 33.0 Å². The van der Waals surface area contributed by atoms with Crippen LogP contribution < -0.4 is 4.74 Å². The smallest absolute Gasteiger partial charge is 0.352 e. The fraction of sp³-hybridized carbons (Fsp3) is 0.120. The lowest BCUT2D eigenvalue weighted by Gasteiger charge is -2.37. The quantitative estimate of drug-likeness (QED) is 0.507. The van der Waals surface area contributed by atoms with Crippen LogP contribution in [0.15, 0.2) is 83.5 Å². The standard InChI is InChI=1S/C25H17NO3S/c1-2-28-25(27)24-23(18-10-6-7-11-20(18)30-24)29-22-17-13-12-16(21(22)19(17)14-26)15-8-4-3-5-9-15/h3-13,22H,2H2,1H3. The van der Waals surface area contributed by atoms with Crippen LogP contribution in [0, 0.1) is 11.3 Å². The van der Waals surface area contributed by atoms with Gasteiger partial charge in [0.15, 0.2) is 16.7 Å². The number of hydrogen-bond acceptors (Lipinski definition) is 5. The molecule has 0 radical (unpaired) electrons. The van der Waals surface area contributed by atoms with Gasteiger partial charge < -0.3 is 9.47 Å². The highest BCUT2D eigenvalue weighted by Crippen LogP contribution is 2.49. The Balaban J connectivity index is 1.57. The molecule has 3 aromatic rings. The van der Waals surface area contributed by atoms with Gasteiger partial charge in [-0.15, -0.1) is 11.3 Å². The van der Waals surface area contributed by atoms with Crippen LogP contribution in [0.3, 0.4) is 0 Å². The van der Waals surface area contributed by atoms with Crippen LogP contribution in [0.4, 0.5) is 0 Å². The zero-order chi connectivity index (χ0) is 20.7. The normalized spacial score (nSPS) is 17.0. The fourth-order valence-electron chi connectivity index (χ4n) is 3.91. The molecule has 0 aliphatic heterocycles. The van der Waals surface area contributed by atoms with Gasteiger partial charge in [-0.1, -0.05) is 54.6 Å². The molecular weight excluding hydrogens is 394 g/mol. The zero-order valence-electron chi connectivity index (χ0n) is 16.2. The minimum atomic E-state index is -0.388. The summed E-state index contributed by atoms with van der Waals surface area (Å²) in [6, 6.07) is 20.0. The molecule has 2 bridgehead atoms. The van der Waals surface area contributed by atoms with E-state index < -0.39 is 0 Å². The summed E-state index contributed by atoms with van der Waals surface area (Å²) in [5, 5.41) is 10.6. The fourth-order valence-corrected chi connectivity index (χ4v) is 4.94. The van der Waals surface area contributed by atoms with E-state index in [4.69, 9.17) is 9.47 Å². The van der Waals surface area contributed by atoms with Crippen molar-refractivity contribution in [3.63, 3.8) is 0 Å². The molecule has 4 nitrogen and oxygen atoms in total. The maximum atomic E-state index is 12.6. The third-order valence-corrected chi connectivity index (χ3v) is 6.40. The largest absolute Gasteiger partial charge is 0.478 e. The topological polar surface area (TPSA) is 59.3 Å². The van der Waals surface area contributed by atoms with Crippen molar-refractivity contribution < 1.29 is 14.3 Å². The molecule has 1 atom stereocenters. The molecule has 1 heterocycles. The van der Waals surface area contributed by atoms with Gasteiger partial charge in [0.2, 0.25) is 0 Å². The van der Waals surface area contributed by atoms with Crippen LogP contribution in [-0.4, -0.2) is 18.7 Å². The van der Waals surface area contributed by atoms with Gasteiger partial charge in [0.05, 0.1) is 12.2 Å². The summed E-state index contributed by atoms with van der Waals surface area (Å²) >= 11 is 1.37. The van der Waals surface area contributed by atoms with Crippen LogP contribution in [0.1, 0.15) is 22.2 Å². The lowest BCUT2D eigenvalue weighted by atomic mass is 9.71. The monoisotopic (exact) mass is 411 g/mol. The Morgan fingerprint density at radius 3 is 2.63 bits per heavy atom. The van der Waals surface area contributed by atoms with E-state index in [1.807, 2.05) is 66.7 Å². The van der Waals surface area contributed by atoms with Crippen LogP contribution in [-0.2, 0) is 4.74 Å². The molecule has 2 aliphatic rings. The molecule has 0 fully saturated rings. The first-order valence-electron chi connectivity index (χ1n) is 9.70. The number of thiophene rings is 1. The minimum Gasteiger partial charge on any atom is -0.478 e. The summed E-state index contributed by atoms with van der Waals surface area (Å²) in [7, 11) is 0. The molecular formula is C25H17NO3S. The highest BCUT2D eigenvalue weighted by Gasteiger charge is 2.42. The molecule has 5 rings (SSSR count). The Morgan fingerprint density at radius 1 is 1.10 bits per heavy atom. The highest BCUT2D eigenvalue weighted by molar-refractivity contribution is 7.21. The number of nitrogens with zero attached hydrogens (tertiary/aromatic N) is 1. The number of fused-ring (bicyclic) bond motifs is 3. The number of carbonyl (C=O) groups is 1. The molecule has 0 N–H and O–H groups in total. The van der Waals surface area contributed by atoms with E-state index in [9.17, 15) is 10.1 Å². The van der Waals surface area contributed by atoms with Gasteiger partial charge in [0, 0.05) is 21.2 Å². The van der Waals surface area contributed by atoms with Crippen molar-refractivity contribution in [2.75, 3.05) is 6.61 Å². The van der Waals surface area contributed by atoms with Gasteiger partial charge in [-0.25, -0.2) is 4.79 Å². The summed E-state index contributed by atoms with van der Waals surface area (Å²) < 4.78 is 12.7. The number of rotatable bonds is 5. The van der Waals surface area contributed by atoms with Gasteiger partial charge in [-0.3, -0.25) is 0 Å². The molecule has 1 unspecified atom stereocenters. The predicted octanol–water partition coefficient (Wildman–Crippen LogP) is 5.68. The Morgan fingerprint density at radius 2 is 1.87 bits per heavy atom.